The van der Waals surface area contributed by atoms with Crippen molar-refractivity contribution in [3.8, 4) is 0 Å². The number of nitro benzene ring substituents is 1. The Balaban J connectivity index is 2.26. The molecule has 0 heterocycles. The zero-order valence-electron chi connectivity index (χ0n) is 10.3. The molecule has 108 valence electrons. The van der Waals surface area contributed by atoms with Crippen LogP contribution in [0.25, 0.3) is 0 Å². The minimum Gasteiger partial charge on any atom is -0.322 e. The molecule has 0 spiro atoms. The van der Waals surface area contributed by atoms with E-state index in [0.717, 1.165) is 20.2 Å². The van der Waals surface area contributed by atoms with Crippen molar-refractivity contribution in [3.05, 3.63) is 65.9 Å². The van der Waals surface area contributed by atoms with Crippen LogP contribution in [0.3, 0.4) is 0 Å². The Labute approximate surface area is 141 Å². The summed E-state index contributed by atoms with van der Waals surface area (Å²) in [6.07, 6.45) is 0. The molecule has 0 aliphatic rings. The van der Waals surface area contributed by atoms with Gasteiger partial charge in [-0.05, 0) is 46.9 Å². The van der Waals surface area contributed by atoms with Crippen molar-refractivity contribution in [2.75, 3.05) is 5.32 Å². The topological polar surface area (TPSA) is 72.2 Å². The molecule has 0 atom stereocenters. The lowest BCUT2D eigenvalue weighted by molar-refractivity contribution is -0.387. The molecule has 1 amide bonds. The van der Waals surface area contributed by atoms with E-state index in [9.17, 15) is 19.3 Å². The molecule has 0 unspecified atom stereocenters. The second kappa shape index (κ2) is 6.48. The number of nitro groups is 1. The zero-order valence-corrected chi connectivity index (χ0v) is 14.0. The van der Waals surface area contributed by atoms with Gasteiger partial charge in [-0.1, -0.05) is 15.9 Å². The van der Waals surface area contributed by atoms with Crippen LogP contribution in [-0.4, -0.2) is 10.8 Å². The van der Waals surface area contributed by atoms with E-state index in [1.54, 1.807) is 18.2 Å². The molecule has 0 saturated heterocycles. The Bertz CT molecular complexity index is 739. The number of rotatable bonds is 3. The van der Waals surface area contributed by atoms with Crippen LogP contribution in [0.1, 0.15) is 10.4 Å². The summed E-state index contributed by atoms with van der Waals surface area (Å²) in [5, 5.41) is 13.0. The molecule has 0 saturated carbocycles. The van der Waals surface area contributed by atoms with E-state index in [2.05, 4.69) is 21.2 Å². The van der Waals surface area contributed by atoms with Crippen molar-refractivity contribution in [1.29, 1.82) is 0 Å². The Morgan fingerprint density at radius 3 is 2.62 bits per heavy atom. The van der Waals surface area contributed by atoms with Crippen LogP contribution in [0.2, 0.25) is 0 Å². The standard InChI is InChI=1S/C13H7BrFIN2O3/c14-7-1-3-11(16)9(5-7)13(19)17-8-2-4-12(18(20)21)10(15)6-8/h1-6H,(H,17,19). The molecular weight excluding hydrogens is 458 g/mol. The van der Waals surface area contributed by atoms with Crippen LogP contribution in [-0.2, 0) is 0 Å². The fraction of sp³-hybridized carbons (Fsp3) is 0. The van der Waals surface area contributed by atoms with Gasteiger partial charge in [0, 0.05) is 25.9 Å². The van der Waals surface area contributed by atoms with E-state index in [0.29, 0.717) is 5.56 Å². The minimum absolute atomic E-state index is 0.152. The summed E-state index contributed by atoms with van der Waals surface area (Å²) in [6, 6.07) is 8.40. The number of benzene rings is 2. The molecule has 2 aromatic carbocycles. The maximum atomic E-state index is 13.5. The number of hydrogen-bond donors (Lipinski definition) is 1. The van der Waals surface area contributed by atoms with E-state index >= 15 is 0 Å². The summed E-state index contributed by atoms with van der Waals surface area (Å²) in [5.74, 6) is -1.42. The first-order valence-corrected chi connectivity index (χ1v) is 7.46. The van der Waals surface area contributed by atoms with Gasteiger partial charge in [-0.3, -0.25) is 14.9 Å². The summed E-state index contributed by atoms with van der Waals surface area (Å²) >= 11 is 5.28. The number of nitrogens with one attached hydrogen (secondary N) is 1. The van der Waals surface area contributed by atoms with Gasteiger partial charge in [-0.2, -0.15) is 4.39 Å². The molecule has 1 N–H and O–H groups in total. The maximum Gasteiger partial charge on any atom is 0.304 e. The summed E-state index contributed by atoms with van der Waals surface area (Å²) in [5.41, 5.74) is -0.0624. The first kappa shape index (κ1) is 15.8. The Kier molecular flexibility index (Phi) is 4.88. The molecule has 8 heteroatoms. The van der Waals surface area contributed by atoms with Crippen molar-refractivity contribution in [3.63, 3.8) is 0 Å². The third kappa shape index (κ3) is 3.76. The normalized spacial score (nSPS) is 10.2. The van der Waals surface area contributed by atoms with Crippen LogP contribution in [0, 0.1) is 19.5 Å². The Morgan fingerprint density at radius 2 is 2.00 bits per heavy atom. The van der Waals surface area contributed by atoms with Gasteiger partial charge in [0.05, 0.1) is 10.5 Å². The monoisotopic (exact) mass is 464 g/mol. The predicted octanol–water partition coefficient (Wildman–Crippen LogP) is 4.35. The van der Waals surface area contributed by atoms with E-state index in [4.69, 9.17) is 0 Å². The smallest absolute Gasteiger partial charge is 0.304 e. The molecule has 0 aromatic heterocycles. The second-order valence-electron chi connectivity index (χ2n) is 4.00. The van der Waals surface area contributed by atoms with Crippen LogP contribution in [0.5, 0.6) is 0 Å². The zero-order chi connectivity index (χ0) is 15.6. The quantitative estimate of drug-likeness (QED) is 0.417. The lowest BCUT2D eigenvalue weighted by Gasteiger charge is -2.07. The number of halogens is 3. The van der Waals surface area contributed by atoms with E-state index in [1.807, 2.05) is 22.6 Å². The molecule has 2 aromatic rings. The van der Waals surface area contributed by atoms with Crippen molar-refractivity contribution in [2.45, 2.75) is 0 Å². The first-order valence-electron chi connectivity index (χ1n) is 5.59. The molecule has 0 aliphatic carbocycles. The highest BCUT2D eigenvalue weighted by Crippen LogP contribution is 2.23. The summed E-state index contributed by atoms with van der Waals surface area (Å²) in [7, 11) is 0. The average molecular weight is 465 g/mol. The van der Waals surface area contributed by atoms with Gasteiger partial charge in [0.2, 0.25) is 5.82 Å². The highest BCUT2D eigenvalue weighted by Gasteiger charge is 2.16. The number of carbonyl (C=O) groups is 1. The van der Waals surface area contributed by atoms with Crippen LogP contribution >= 0.6 is 38.5 Å². The molecule has 5 nitrogen and oxygen atoms in total. The number of carbonyl (C=O) groups excluding carboxylic acids is 1. The van der Waals surface area contributed by atoms with Crippen molar-refractivity contribution in [1.82, 2.24) is 0 Å². The number of amides is 1. The summed E-state index contributed by atoms with van der Waals surface area (Å²) in [4.78, 5) is 21.8. The van der Waals surface area contributed by atoms with E-state index in [1.165, 1.54) is 6.07 Å². The van der Waals surface area contributed by atoms with Crippen LogP contribution in [0.15, 0.2) is 40.9 Å². The van der Waals surface area contributed by atoms with Gasteiger partial charge in [0.15, 0.2) is 0 Å². The van der Waals surface area contributed by atoms with Crippen molar-refractivity contribution in [2.24, 2.45) is 0 Å². The molecule has 0 radical (unpaired) electrons. The van der Waals surface area contributed by atoms with Crippen LogP contribution < -0.4 is 5.32 Å². The molecule has 0 aliphatic heterocycles. The number of nitrogens with zero attached hydrogens (tertiary/aromatic N) is 1. The van der Waals surface area contributed by atoms with Gasteiger partial charge in [0.1, 0.15) is 0 Å². The largest absolute Gasteiger partial charge is 0.322 e. The highest BCUT2D eigenvalue weighted by atomic mass is 127. The summed E-state index contributed by atoms with van der Waals surface area (Å²) < 4.78 is 15.0. The lowest BCUT2D eigenvalue weighted by atomic mass is 10.2. The molecule has 21 heavy (non-hydrogen) atoms. The molecular formula is C13H7BrFIN2O3. The van der Waals surface area contributed by atoms with Gasteiger partial charge < -0.3 is 5.32 Å². The minimum atomic E-state index is -0.998. The molecule has 2 rings (SSSR count). The molecule has 0 fully saturated rings. The van der Waals surface area contributed by atoms with Crippen molar-refractivity contribution < 1.29 is 14.1 Å². The maximum absolute atomic E-state index is 13.5. The van der Waals surface area contributed by atoms with Crippen LogP contribution in [0.4, 0.5) is 15.8 Å². The Morgan fingerprint density at radius 1 is 1.29 bits per heavy atom. The SMILES string of the molecule is O=C(Nc1ccc([N+](=O)[O-])c(F)c1)c1cc(Br)ccc1I. The average Bonchev–Trinajstić information content (AvgIpc) is 2.41. The number of hydrogen-bond acceptors (Lipinski definition) is 3. The highest BCUT2D eigenvalue weighted by molar-refractivity contribution is 14.1. The van der Waals surface area contributed by atoms with E-state index < -0.39 is 22.3 Å². The number of anilines is 1. The first-order chi connectivity index (χ1) is 9.88. The molecule has 0 bridgehead atoms. The third-order valence-corrected chi connectivity index (χ3v) is 4.01. The summed E-state index contributed by atoms with van der Waals surface area (Å²) in [6.45, 7) is 0. The second-order valence-corrected chi connectivity index (χ2v) is 6.08. The van der Waals surface area contributed by atoms with Gasteiger partial charge in [0.25, 0.3) is 5.91 Å². The van der Waals surface area contributed by atoms with E-state index in [-0.39, 0.29) is 5.69 Å². The van der Waals surface area contributed by atoms with Gasteiger partial charge in [-0.15, -0.1) is 0 Å². The Hall–Kier alpha value is -1.55. The fourth-order valence-corrected chi connectivity index (χ4v) is 2.54. The lowest BCUT2D eigenvalue weighted by Crippen LogP contribution is -2.13. The van der Waals surface area contributed by atoms with Crippen molar-refractivity contribution >= 4 is 55.8 Å². The predicted molar refractivity (Wildman–Crippen MR) is 87.9 cm³/mol. The van der Waals surface area contributed by atoms with Gasteiger partial charge in [-0.25, -0.2) is 0 Å². The third-order valence-electron chi connectivity index (χ3n) is 2.58. The van der Waals surface area contributed by atoms with Gasteiger partial charge >= 0.3 is 5.69 Å². The fourth-order valence-electron chi connectivity index (χ4n) is 1.60.